The third-order valence-electron chi connectivity index (χ3n) is 11.7. The van der Waals surface area contributed by atoms with Crippen LogP contribution in [-0.4, -0.2) is 75.0 Å². The van der Waals surface area contributed by atoms with Crippen molar-refractivity contribution in [1.29, 1.82) is 0 Å². The van der Waals surface area contributed by atoms with Crippen molar-refractivity contribution in [3.05, 3.63) is 87.5 Å². The molecule has 4 N–H and O–H groups in total. The highest BCUT2D eigenvalue weighted by Gasteiger charge is 2.45. The topological polar surface area (TPSA) is 165 Å². The van der Waals surface area contributed by atoms with Crippen LogP contribution in [-0.2, 0) is 9.59 Å². The van der Waals surface area contributed by atoms with E-state index in [-0.39, 0.29) is 41.3 Å². The van der Waals surface area contributed by atoms with E-state index in [9.17, 15) is 23.6 Å². The minimum atomic E-state index is -0.983. The number of carbonyl (C=O) groups is 4. The van der Waals surface area contributed by atoms with E-state index in [4.69, 9.17) is 38.8 Å². The number of nitrogens with two attached hydrogens (primary N) is 1. The van der Waals surface area contributed by atoms with Gasteiger partial charge >= 0.3 is 0 Å². The number of halogens is 3. The molecule has 8 rings (SSSR count). The molecule has 1 saturated carbocycles. The summed E-state index contributed by atoms with van der Waals surface area (Å²) in [5.74, 6) is -1.53. The third kappa shape index (κ3) is 7.82. The van der Waals surface area contributed by atoms with Crippen molar-refractivity contribution < 1.29 is 28.3 Å². The van der Waals surface area contributed by atoms with Crippen molar-refractivity contribution in [3.8, 4) is 16.9 Å². The predicted molar refractivity (Wildman–Crippen MR) is 213 cm³/mol. The highest BCUT2D eigenvalue weighted by molar-refractivity contribution is 6.36. The first-order chi connectivity index (χ1) is 27.4. The Morgan fingerprint density at radius 3 is 2.56 bits per heavy atom. The standard InChI is InChI=1S/C41H43Cl2FN8O5/c1-22(36-31(42)10-11-32(44)37(36)43)57-34-15-24(18-47-38(34)45)25-19-48-51(20-25)27-6-4-23(5-7-27)17-46-26-3-2-14-50(21-26)28-8-9-29-30(16-28)41(56)52(40(29)55)33-12-13-35(53)49-39(33)54/h8-11,15-16,18-20,22-23,26-27,33,46H,2-7,12-14,17,21H2,1H3,(H2,45,47)(H,49,53,54)/t22-,23?,26+,27?,33?/m1/s1. The minimum absolute atomic E-state index is 0.0846. The summed E-state index contributed by atoms with van der Waals surface area (Å²) >= 11 is 12.5. The lowest BCUT2D eigenvalue weighted by Gasteiger charge is -2.36. The van der Waals surface area contributed by atoms with Crippen molar-refractivity contribution in [3.63, 3.8) is 0 Å². The van der Waals surface area contributed by atoms with E-state index >= 15 is 0 Å². The number of rotatable bonds is 10. The Kier molecular flexibility index (Phi) is 10.9. The van der Waals surface area contributed by atoms with Crippen molar-refractivity contribution in [2.24, 2.45) is 5.92 Å². The largest absolute Gasteiger partial charge is 0.482 e. The van der Waals surface area contributed by atoms with Crippen LogP contribution in [0.25, 0.3) is 11.1 Å². The molecule has 4 aromatic rings. The van der Waals surface area contributed by atoms with Crippen LogP contribution in [0.4, 0.5) is 15.9 Å². The summed E-state index contributed by atoms with van der Waals surface area (Å²) in [5.41, 5.74) is 9.60. The Morgan fingerprint density at radius 2 is 1.77 bits per heavy atom. The maximum atomic E-state index is 14.2. The summed E-state index contributed by atoms with van der Waals surface area (Å²) in [6.45, 7) is 4.25. The molecule has 16 heteroatoms. The lowest BCUT2D eigenvalue weighted by Crippen LogP contribution is -2.54. The first-order valence-electron chi connectivity index (χ1n) is 19.4. The number of benzene rings is 2. The number of hydrogen-bond acceptors (Lipinski definition) is 10. The van der Waals surface area contributed by atoms with E-state index in [1.165, 1.54) is 12.1 Å². The van der Waals surface area contributed by atoms with Gasteiger partial charge in [0.2, 0.25) is 11.8 Å². The molecule has 5 heterocycles. The van der Waals surface area contributed by atoms with Gasteiger partial charge in [-0.15, -0.1) is 0 Å². The number of nitrogen functional groups attached to an aromatic ring is 1. The fraction of sp³-hybridized carbons (Fsp3) is 0.415. The fourth-order valence-electron chi connectivity index (χ4n) is 8.54. The number of nitrogens with zero attached hydrogens (tertiary/aromatic N) is 5. The quantitative estimate of drug-likeness (QED) is 0.119. The summed E-state index contributed by atoms with van der Waals surface area (Å²) in [4.78, 5) is 58.3. The molecule has 3 aliphatic heterocycles. The first-order valence-corrected chi connectivity index (χ1v) is 20.1. The van der Waals surface area contributed by atoms with E-state index in [1.807, 2.05) is 23.1 Å². The van der Waals surface area contributed by atoms with Crippen LogP contribution in [0.15, 0.2) is 55.0 Å². The molecule has 0 radical (unpaired) electrons. The molecule has 0 bridgehead atoms. The number of ether oxygens (including phenoxy) is 1. The summed E-state index contributed by atoms with van der Waals surface area (Å²) in [7, 11) is 0. The van der Waals surface area contributed by atoms with Gasteiger partial charge in [0.25, 0.3) is 11.8 Å². The van der Waals surface area contributed by atoms with Crippen molar-refractivity contribution in [1.82, 2.24) is 30.3 Å². The van der Waals surface area contributed by atoms with E-state index in [0.717, 1.165) is 79.9 Å². The number of anilines is 2. The SMILES string of the molecule is C[C@@H](Oc1cc(-c2cnn(C3CCC(CN[C@H]4CCCN(c5ccc6c(c5)C(=O)N(C5CCC(=O)NC5=O)C6=O)C4)CC3)c2)cnc1N)c1c(Cl)ccc(F)c1Cl. The number of amides is 4. The van der Waals surface area contributed by atoms with Gasteiger partial charge in [0, 0.05) is 65.3 Å². The molecule has 2 aromatic heterocycles. The molecule has 3 atom stereocenters. The summed E-state index contributed by atoms with van der Waals surface area (Å²) in [5, 5.41) is 11.0. The second-order valence-corrected chi connectivity index (χ2v) is 16.2. The number of nitrogens with one attached hydrogen (secondary N) is 2. The van der Waals surface area contributed by atoms with Gasteiger partial charge in [-0.25, -0.2) is 9.37 Å². The predicted octanol–water partition coefficient (Wildman–Crippen LogP) is 6.50. The van der Waals surface area contributed by atoms with Gasteiger partial charge in [-0.2, -0.15) is 5.10 Å². The second-order valence-electron chi connectivity index (χ2n) is 15.4. The average Bonchev–Trinajstić information content (AvgIpc) is 3.79. The highest BCUT2D eigenvalue weighted by Crippen LogP contribution is 2.38. The third-order valence-corrected chi connectivity index (χ3v) is 12.4. The molecule has 3 fully saturated rings. The first kappa shape index (κ1) is 38.8. The van der Waals surface area contributed by atoms with Gasteiger partial charge < -0.3 is 20.7 Å². The van der Waals surface area contributed by atoms with E-state index in [1.54, 1.807) is 31.3 Å². The smallest absolute Gasteiger partial charge is 0.262 e. The lowest BCUT2D eigenvalue weighted by atomic mass is 9.85. The number of carbonyl (C=O) groups excluding carboxylic acids is 4. The Morgan fingerprint density at radius 1 is 0.982 bits per heavy atom. The van der Waals surface area contributed by atoms with Crippen LogP contribution >= 0.6 is 23.2 Å². The van der Waals surface area contributed by atoms with Crippen LogP contribution in [0.1, 0.15) is 96.7 Å². The van der Waals surface area contributed by atoms with Crippen molar-refractivity contribution in [2.45, 2.75) is 82.5 Å². The lowest BCUT2D eigenvalue weighted by molar-refractivity contribution is -0.136. The zero-order chi connectivity index (χ0) is 40.0. The molecular formula is C41H43Cl2FN8O5. The van der Waals surface area contributed by atoms with Crippen molar-refractivity contribution >= 4 is 58.3 Å². The Bertz CT molecular complexity index is 2240. The van der Waals surface area contributed by atoms with Gasteiger partial charge in [-0.3, -0.25) is 34.1 Å². The number of aromatic nitrogens is 3. The van der Waals surface area contributed by atoms with Crippen LogP contribution < -0.4 is 26.0 Å². The molecule has 2 saturated heterocycles. The Labute approximate surface area is 339 Å². The molecular weight excluding hydrogens is 774 g/mol. The Balaban J connectivity index is 0.834. The zero-order valence-electron chi connectivity index (χ0n) is 31.3. The van der Waals surface area contributed by atoms with Gasteiger partial charge in [0.15, 0.2) is 11.6 Å². The molecule has 1 unspecified atom stereocenters. The minimum Gasteiger partial charge on any atom is -0.482 e. The van der Waals surface area contributed by atoms with Gasteiger partial charge in [0.05, 0.1) is 28.4 Å². The number of fused-ring (bicyclic) bond motifs is 1. The maximum absolute atomic E-state index is 14.2. The number of pyridine rings is 1. The molecule has 2 aromatic carbocycles. The normalized spacial score (nSPS) is 23.1. The van der Waals surface area contributed by atoms with Gasteiger partial charge in [0.1, 0.15) is 18.0 Å². The van der Waals surface area contributed by atoms with Crippen LogP contribution in [0.2, 0.25) is 10.0 Å². The van der Waals surface area contributed by atoms with E-state index in [2.05, 4.69) is 20.5 Å². The van der Waals surface area contributed by atoms with Crippen LogP contribution in [0, 0.1) is 11.7 Å². The monoisotopic (exact) mass is 816 g/mol. The Hall–Kier alpha value is -5.05. The molecule has 1 aliphatic carbocycles. The zero-order valence-corrected chi connectivity index (χ0v) is 32.9. The van der Waals surface area contributed by atoms with Crippen LogP contribution in [0.3, 0.4) is 0 Å². The van der Waals surface area contributed by atoms with E-state index in [0.29, 0.717) is 27.8 Å². The highest BCUT2D eigenvalue weighted by atomic mass is 35.5. The molecule has 298 valence electrons. The number of hydrogen-bond donors (Lipinski definition) is 3. The van der Waals surface area contributed by atoms with E-state index < -0.39 is 41.6 Å². The van der Waals surface area contributed by atoms with Crippen molar-refractivity contribution in [2.75, 3.05) is 30.3 Å². The molecule has 0 spiro atoms. The summed E-state index contributed by atoms with van der Waals surface area (Å²) in [6, 6.07) is 9.34. The molecule has 57 heavy (non-hydrogen) atoms. The molecule has 4 aliphatic rings. The van der Waals surface area contributed by atoms with Crippen LogP contribution in [0.5, 0.6) is 5.75 Å². The summed E-state index contributed by atoms with van der Waals surface area (Å²) in [6.07, 6.45) is 11.2. The summed E-state index contributed by atoms with van der Waals surface area (Å²) < 4.78 is 22.3. The van der Waals surface area contributed by atoms with Gasteiger partial charge in [-0.1, -0.05) is 23.2 Å². The average molecular weight is 818 g/mol. The molecule has 13 nitrogen and oxygen atoms in total. The number of piperidine rings is 2. The maximum Gasteiger partial charge on any atom is 0.262 e. The molecule has 4 amide bonds. The fourth-order valence-corrected chi connectivity index (χ4v) is 9.22. The van der Waals surface area contributed by atoms with Gasteiger partial charge in [-0.05, 0) is 101 Å². The number of imide groups is 2. The second kappa shape index (κ2) is 16.1.